The van der Waals surface area contributed by atoms with E-state index in [2.05, 4.69) is 0 Å². The highest BCUT2D eigenvalue weighted by Gasteiger charge is 2.22. The van der Waals surface area contributed by atoms with Gasteiger partial charge in [-0.15, -0.1) is 0 Å². The molecular formula is C9H12BFO3. The maximum absolute atomic E-state index is 13.2. The van der Waals surface area contributed by atoms with Crippen LogP contribution < -0.4 is 10.2 Å². The molecule has 14 heavy (non-hydrogen) atoms. The van der Waals surface area contributed by atoms with Crippen molar-refractivity contribution in [2.75, 3.05) is 6.61 Å². The van der Waals surface area contributed by atoms with E-state index in [1.54, 1.807) is 13.8 Å². The van der Waals surface area contributed by atoms with Crippen LogP contribution >= 0.6 is 0 Å². The van der Waals surface area contributed by atoms with E-state index in [1.807, 2.05) is 0 Å². The molecule has 0 bridgehead atoms. The molecule has 3 nitrogen and oxygen atoms in total. The molecule has 0 unspecified atom stereocenters. The van der Waals surface area contributed by atoms with Gasteiger partial charge in [0.05, 0.1) is 6.61 Å². The number of benzene rings is 1. The highest BCUT2D eigenvalue weighted by Crippen LogP contribution is 2.16. The number of hydrogen-bond donors (Lipinski definition) is 2. The van der Waals surface area contributed by atoms with Crippen molar-refractivity contribution in [3.05, 3.63) is 23.5 Å². The van der Waals surface area contributed by atoms with E-state index < -0.39 is 12.9 Å². The summed E-state index contributed by atoms with van der Waals surface area (Å²) in [4.78, 5) is 0. The van der Waals surface area contributed by atoms with Gasteiger partial charge in [-0.3, -0.25) is 0 Å². The van der Waals surface area contributed by atoms with Gasteiger partial charge in [0, 0.05) is 5.46 Å². The van der Waals surface area contributed by atoms with Gasteiger partial charge >= 0.3 is 7.12 Å². The first-order chi connectivity index (χ1) is 6.57. The van der Waals surface area contributed by atoms with E-state index in [9.17, 15) is 4.39 Å². The Kier molecular flexibility index (Phi) is 3.49. The number of aryl methyl sites for hydroxylation is 1. The van der Waals surface area contributed by atoms with Crippen molar-refractivity contribution in [2.24, 2.45) is 0 Å². The maximum atomic E-state index is 13.2. The van der Waals surface area contributed by atoms with Crippen molar-refractivity contribution in [1.82, 2.24) is 0 Å². The molecule has 0 aliphatic carbocycles. The molecule has 0 fully saturated rings. The standard InChI is InChI=1S/C9H12BFO3/c1-3-14-9-7(11)5-4-6(2)8(9)10(12)13/h4-5,12-13H,3H2,1-2H3. The Bertz CT molecular complexity index is 328. The van der Waals surface area contributed by atoms with Crippen LogP contribution in [0.2, 0.25) is 0 Å². The zero-order valence-electron chi connectivity index (χ0n) is 8.12. The summed E-state index contributed by atoms with van der Waals surface area (Å²) in [6.45, 7) is 3.64. The monoisotopic (exact) mass is 198 g/mol. The molecule has 0 heterocycles. The molecule has 1 aromatic rings. The van der Waals surface area contributed by atoms with Crippen molar-refractivity contribution < 1.29 is 19.2 Å². The van der Waals surface area contributed by atoms with E-state index in [1.165, 1.54) is 12.1 Å². The largest absolute Gasteiger partial charge is 0.492 e. The second-order valence-electron chi connectivity index (χ2n) is 2.91. The summed E-state index contributed by atoms with van der Waals surface area (Å²) < 4.78 is 18.2. The van der Waals surface area contributed by atoms with Crippen LogP contribution in [0, 0.1) is 12.7 Å². The molecule has 2 N–H and O–H groups in total. The topological polar surface area (TPSA) is 49.7 Å². The second-order valence-corrected chi connectivity index (χ2v) is 2.91. The third-order valence-electron chi connectivity index (χ3n) is 1.91. The minimum atomic E-state index is -1.72. The molecule has 0 aromatic heterocycles. The Morgan fingerprint density at radius 1 is 1.43 bits per heavy atom. The summed E-state index contributed by atoms with van der Waals surface area (Å²) in [7, 11) is -1.72. The Labute approximate surface area is 82.3 Å². The SMILES string of the molecule is CCOc1c(F)ccc(C)c1B(O)O. The highest BCUT2D eigenvalue weighted by molar-refractivity contribution is 6.60. The van der Waals surface area contributed by atoms with Crippen molar-refractivity contribution >= 4 is 12.6 Å². The number of ether oxygens (including phenoxy) is 1. The Morgan fingerprint density at radius 3 is 2.57 bits per heavy atom. The van der Waals surface area contributed by atoms with Crippen LogP contribution in [0.15, 0.2) is 12.1 Å². The van der Waals surface area contributed by atoms with Crippen LogP contribution in [-0.4, -0.2) is 23.8 Å². The molecule has 1 rings (SSSR count). The van der Waals surface area contributed by atoms with Gasteiger partial charge in [0.15, 0.2) is 11.6 Å². The van der Waals surface area contributed by atoms with Gasteiger partial charge in [-0.05, 0) is 25.5 Å². The normalized spacial score (nSPS) is 10.1. The van der Waals surface area contributed by atoms with E-state index in [-0.39, 0.29) is 17.8 Å². The minimum absolute atomic E-state index is 0.0810. The fourth-order valence-electron chi connectivity index (χ4n) is 1.28. The lowest BCUT2D eigenvalue weighted by Crippen LogP contribution is -2.34. The molecule has 0 aliphatic rings. The molecule has 76 valence electrons. The Morgan fingerprint density at radius 2 is 2.07 bits per heavy atom. The van der Waals surface area contributed by atoms with Gasteiger partial charge in [0.2, 0.25) is 0 Å². The van der Waals surface area contributed by atoms with E-state index in [0.29, 0.717) is 5.56 Å². The summed E-state index contributed by atoms with van der Waals surface area (Å²) in [6, 6.07) is 2.72. The third kappa shape index (κ3) is 2.05. The van der Waals surface area contributed by atoms with Crippen LogP contribution in [-0.2, 0) is 0 Å². The Hall–Kier alpha value is -1.07. The number of rotatable bonds is 3. The van der Waals surface area contributed by atoms with Crippen LogP contribution in [0.1, 0.15) is 12.5 Å². The quantitative estimate of drug-likeness (QED) is 0.682. The van der Waals surface area contributed by atoms with Crippen molar-refractivity contribution in [1.29, 1.82) is 0 Å². The summed E-state index contributed by atoms with van der Waals surface area (Å²) in [6.07, 6.45) is 0. The molecule has 0 spiro atoms. The fraction of sp³-hybridized carbons (Fsp3) is 0.333. The smallest absolute Gasteiger partial charge is 0.491 e. The van der Waals surface area contributed by atoms with Crippen LogP contribution in [0.3, 0.4) is 0 Å². The predicted octanol–water partition coefficient (Wildman–Crippen LogP) is 0.213. The zero-order valence-corrected chi connectivity index (χ0v) is 8.12. The molecule has 1 aromatic carbocycles. The summed E-state index contributed by atoms with van der Waals surface area (Å²) >= 11 is 0. The molecule has 5 heteroatoms. The van der Waals surface area contributed by atoms with Crippen molar-refractivity contribution in [2.45, 2.75) is 13.8 Å². The van der Waals surface area contributed by atoms with Gasteiger partial charge in [-0.25, -0.2) is 4.39 Å². The summed E-state index contributed by atoms with van der Waals surface area (Å²) in [5.41, 5.74) is 0.678. The summed E-state index contributed by atoms with van der Waals surface area (Å²) in [5.74, 6) is -0.664. The molecule has 0 aliphatic heterocycles. The van der Waals surface area contributed by atoms with Gasteiger partial charge in [-0.2, -0.15) is 0 Å². The van der Waals surface area contributed by atoms with Gasteiger partial charge in [0.1, 0.15) is 0 Å². The lowest BCUT2D eigenvalue weighted by molar-refractivity contribution is 0.321. The lowest BCUT2D eigenvalue weighted by atomic mass is 9.76. The first kappa shape index (κ1) is 11.0. The van der Waals surface area contributed by atoms with Crippen LogP contribution in [0.25, 0.3) is 0 Å². The fourth-order valence-corrected chi connectivity index (χ4v) is 1.28. The van der Waals surface area contributed by atoms with Gasteiger partial charge in [-0.1, -0.05) is 6.07 Å². The van der Waals surface area contributed by atoms with Gasteiger partial charge < -0.3 is 14.8 Å². The molecule has 0 amide bonds. The molecule has 0 radical (unpaired) electrons. The molecule has 0 saturated carbocycles. The van der Waals surface area contributed by atoms with Crippen molar-refractivity contribution in [3.63, 3.8) is 0 Å². The first-order valence-corrected chi connectivity index (χ1v) is 4.35. The van der Waals surface area contributed by atoms with E-state index >= 15 is 0 Å². The average molecular weight is 198 g/mol. The lowest BCUT2D eigenvalue weighted by Gasteiger charge is -2.12. The van der Waals surface area contributed by atoms with Gasteiger partial charge in [0.25, 0.3) is 0 Å². The van der Waals surface area contributed by atoms with Crippen molar-refractivity contribution in [3.8, 4) is 5.75 Å². The molecular weight excluding hydrogens is 186 g/mol. The Balaban J connectivity index is 3.26. The third-order valence-corrected chi connectivity index (χ3v) is 1.91. The predicted molar refractivity (Wildman–Crippen MR) is 52.1 cm³/mol. The van der Waals surface area contributed by atoms with Crippen LogP contribution in [0.5, 0.6) is 5.75 Å². The van der Waals surface area contributed by atoms with Crippen LogP contribution in [0.4, 0.5) is 4.39 Å². The first-order valence-electron chi connectivity index (χ1n) is 4.35. The van der Waals surface area contributed by atoms with E-state index in [4.69, 9.17) is 14.8 Å². The minimum Gasteiger partial charge on any atom is -0.491 e. The maximum Gasteiger partial charge on any atom is 0.492 e. The molecule has 0 saturated heterocycles. The van der Waals surface area contributed by atoms with E-state index in [0.717, 1.165) is 0 Å². The average Bonchev–Trinajstić information content (AvgIpc) is 2.11. The highest BCUT2D eigenvalue weighted by atomic mass is 19.1. The summed E-state index contributed by atoms with van der Waals surface area (Å²) in [5, 5.41) is 18.1. The zero-order chi connectivity index (χ0) is 10.7. The number of hydrogen-bond acceptors (Lipinski definition) is 3. The number of halogens is 1. The second kappa shape index (κ2) is 4.44. The molecule has 0 atom stereocenters.